The van der Waals surface area contributed by atoms with Crippen LogP contribution in [0.4, 0.5) is 8.78 Å². The van der Waals surface area contributed by atoms with Gasteiger partial charge in [-0.3, -0.25) is 14.9 Å². The van der Waals surface area contributed by atoms with E-state index in [-0.39, 0.29) is 24.9 Å². The molecular formula is C15H20ClF2N3O2. The Bertz CT molecular complexity index is 543. The first-order valence-electron chi connectivity index (χ1n) is 7.04. The Hall–Kier alpha value is -1.73. The predicted octanol–water partition coefficient (Wildman–Crippen LogP) is 1.18. The predicted molar refractivity (Wildman–Crippen MR) is 84.5 cm³/mol. The number of likely N-dealkylation sites (N-methyl/N-ethyl adjacent to an activating group) is 1. The molecule has 0 aromatic heterocycles. The van der Waals surface area contributed by atoms with E-state index in [1.807, 2.05) is 30.3 Å². The molecule has 0 radical (unpaired) electrons. The van der Waals surface area contributed by atoms with Gasteiger partial charge in [-0.15, -0.1) is 12.4 Å². The minimum absolute atomic E-state index is 0. The number of hydrogen-bond donors (Lipinski definition) is 2. The number of alkyl halides is 2. The zero-order valence-electron chi connectivity index (χ0n) is 12.7. The van der Waals surface area contributed by atoms with Crippen molar-refractivity contribution in [3.8, 4) is 0 Å². The van der Waals surface area contributed by atoms with Gasteiger partial charge in [-0.05, 0) is 5.56 Å². The van der Waals surface area contributed by atoms with Gasteiger partial charge in [0.2, 0.25) is 11.8 Å². The van der Waals surface area contributed by atoms with Gasteiger partial charge in [0.05, 0.1) is 19.1 Å². The average molecular weight is 348 g/mol. The molecule has 2 N–H and O–H groups in total. The fraction of sp³-hybridized carbons (Fsp3) is 0.467. The maximum absolute atomic E-state index is 13.0. The van der Waals surface area contributed by atoms with Crippen molar-refractivity contribution in [1.82, 2.24) is 15.5 Å². The number of nitrogens with one attached hydrogen (secondary N) is 2. The first-order chi connectivity index (χ1) is 10.4. The van der Waals surface area contributed by atoms with Crippen LogP contribution in [0.3, 0.4) is 0 Å². The van der Waals surface area contributed by atoms with E-state index < -0.39 is 30.8 Å². The summed E-state index contributed by atoms with van der Waals surface area (Å²) < 4.78 is 26.0. The number of hydrogen-bond acceptors (Lipinski definition) is 3. The molecule has 8 heteroatoms. The van der Waals surface area contributed by atoms with Crippen LogP contribution in [-0.4, -0.2) is 48.8 Å². The van der Waals surface area contributed by atoms with Crippen LogP contribution in [-0.2, 0) is 16.1 Å². The van der Waals surface area contributed by atoms with Crippen LogP contribution in [0, 0.1) is 0 Å². The number of halogens is 3. The molecule has 1 atom stereocenters. The Morgan fingerprint density at radius 2 is 2.00 bits per heavy atom. The van der Waals surface area contributed by atoms with Gasteiger partial charge in [0.1, 0.15) is 0 Å². The summed E-state index contributed by atoms with van der Waals surface area (Å²) in [6, 6.07) is 8.49. The number of nitrogens with zero attached hydrogens (tertiary/aromatic N) is 1. The average Bonchev–Trinajstić information content (AvgIpc) is 2.85. The smallest absolute Gasteiger partial charge is 0.262 e. The molecule has 0 spiro atoms. The van der Waals surface area contributed by atoms with Gasteiger partial charge in [0.15, 0.2) is 0 Å². The largest absolute Gasteiger partial charge is 0.346 e. The summed E-state index contributed by atoms with van der Waals surface area (Å²) in [6.45, 7) is -0.284. The summed E-state index contributed by atoms with van der Waals surface area (Å²) >= 11 is 0. The standard InChI is InChI=1S/C15H19F2N3O2.ClH/c1-20(9-11-5-3-2-4-6-11)13(21)8-18-14(22)12-7-15(16,17)10-19-12;/h2-6,12,19H,7-10H2,1H3,(H,18,22);1H. The lowest BCUT2D eigenvalue weighted by Gasteiger charge is -2.18. The lowest BCUT2D eigenvalue weighted by molar-refractivity contribution is -0.132. The Balaban J connectivity index is 0.00000264. The van der Waals surface area contributed by atoms with E-state index in [0.29, 0.717) is 6.54 Å². The number of rotatable bonds is 5. The summed E-state index contributed by atoms with van der Waals surface area (Å²) in [6.07, 6.45) is -0.535. The van der Waals surface area contributed by atoms with Crippen LogP contribution < -0.4 is 10.6 Å². The van der Waals surface area contributed by atoms with Gasteiger partial charge in [0.25, 0.3) is 5.92 Å². The van der Waals surface area contributed by atoms with E-state index in [9.17, 15) is 18.4 Å². The zero-order valence-corrected chi connectivity index (χ0v) is 13.5. The van der Waals surface area contributed by atoms with Crippen LogP contribution in [0.15, 0.2) is 30.3 Å². The van der Waals surface area contributed by atoms with Crippen LogP contribution in [0.25, 0.3) is 0 Å². The fourth-order valence-corrected chi connectivity index (χ4v) is 2.27. The molecule has 128 valence electrons. The fourth-order valence-electron chi connectivity index (χ4n) is 2.27. The second-order valence-electron chi connectivity index (χ2n) is 5.45. The van der Waals surface area contributed by atoms with Gasteiger partial charge in [-0.25, -0.2) is 8.78 Å². The molecule has 1 saturated heterocycles. The molecule has 0 saturated carbocycles. The minimum atomic E-state index is -2.86. The Kier molecular flexibility index (Phi) is 6.90. The summed E-state index contributed by atoms with van der Waals surface area (Å²) in [4.78, 5) is 25.2. The zero-order chi connectivity index (χ0) is 16.2. The highest BCUT2D eigenvalue weighted by molar-refractivity contribution is 5.87. The van der Waals surface area contributed by atoms with E-state index in [4.69, 9.17) is 0 Å². The summed E-state index contributed by atoms with van der Waals surface area (Å²) in [5.74, 6) is -3.71. The summed E-state index contributed by atoms with van der Waals surface area (Å²) in [5.41, 5.74) is 0.974. The summed E-state index contributed by atoms with van der Waals surface area (Å²) in [7, 11) is 1.63. The number of amides is 2. The lowest BCUT2D eigenvalue weighted by atomic mass is 10.2. The third-order valence-corrected chi connectivity index (χ3v) is 3.53. The molecule has 0 aliphatic carbocycles. The number of carbonyl (C=O) groups is 2. The van der Waals surface area contributed by atoms with E-state index in [2.05, 4.69) is 10.6 Å². The maximum Gasteiger partial charge on any atom is 0.262 e. The van der Waals surface area contributed by atoms with Crippen molar-refractivity contribution in [2.24, 2.45) is 0 Å². The van der Waals surface area contributed by atoms with Gasteiger partial charge in [-0.1, -0.05) is 30.3 Å². The Morgan fingerprint density at radius 3 is 2.57 bits per heavy atom. The SMILES string of the molecule is CN(Cc1ccccc1)C(=O)CNC(=O)C1CC(F)(F)CN1.Cl. The second-order valence-corrected chi connectivity index (χ2v) is 5.45. The van der Waals surface area contributed by atoms with Gasteiger partial charge >= 0.3 is 0 Å². The van der Waals surface area contributed by atoms with E-state index in [1.165, 1.54) is 4.90 Å². The van der Waals surface area contributed by atoms with Crippen LogP contribution >= 0.6 is 12.4 Å². The van der Waals surface area contributed by atoms with Gasteiger partial charge < -0.3 is 10.2 Å². The van der Waals surface area contributed by atoms with Gasteiger partial charge in [-0.2, -0.15) is 0 Å². The third-order valence-electron chi connectivity index (χ3n) is 3.53. The first kappa shape index (κ1) is 19.3. The monoisotopic (exact) mass is 347 g/mol. The Labute approximate surface area is 139 Å². The van der Waals surface area contributed by atoms with Crippen molar-refractivity contribution >= 4 is 24.2 Å². The maximum atomic E-state index is 13.0. The molecule has 1 aliphatic heterocycles. The van der Waals surface area contributed by atoms with Crippen molar-refractivity contribution in [1.29, 1.82) is 0 Å². The quantitative estimate of drug-likeness (QED) is 0.841. The normalized spacial score (nSPS) is 18.8. The highest BCUT2D eigenvalue weighted by Crippen LogP contribution is 2.24. The van der Waals surface area contributed by atoms with Crippen molar-refractivity contribution < 1.29 is 18.4 Å². The van der Waals surface area contributed by atoms with E-state index in [1.54, 1.807) is 7.05 Å². The molecule has 5 nitrogen and oxygen atoms in total. The molecule has 1 aromatic carbocycles. The van der Waals surface area contributed by atoms with Crippen molar-refractivity contribution in [3.63, 3.8) is 0 Å². The lowest BCUT2D eigenvalue weighted by Crippen LogP contribution is -2.45. The molecule has 1 heterocycles. The van der Waals surface area contributed by atoms with Crippen LogP contribution in [0.1, 0.15) is 12.0 Å². The molecule has 2 amide bonds. The molecule has 1 aromatic rings. The second kappa shape index (κ2) is 8.21. The van der Waals surface area contributed by atoms with E-state index in [0.717, 1.165) is 5.56 Å². The van der Waals surface area contributed by atoms with Crippen molar-refractivity contribution in [3.05, 3.63) is 35.9 Å². The highest BCUT2D eigenvalue weighted by atomic mass is 35.5. The molecule has 0 bridgehead atoms. The molecule has 1 aliphatic rings. The summed E-state index contributed by atoms with van der Waals surface area (Å²) in [5, 5.41) is 4.86. The number of carbonyl (C=O) groups excluding carboxylic acids is 2. The minimum Gasteiger partial charge on any atom is -0.346 e. The molecule has 23 heavy (non-hydrogen) atoms. The molecule has 1 unspecified atom stereocenters. The van der Waals surface area contributed by atoms with Crippen molar-refractivity contribution in [2.45, 2.75) is 24.9 Å². The van der Waals surface area contributed by atoms with Gasteiger partial charge in [0, 0.05) is 20.0 Å². The first-order valence-corrected chi connectivity index (χ1v) is 7.04. The topological polar surface area (TPSA) is 61.4 Å². The molecular weight excluding hydrogens is 328 g/mol. The third kappa shape index (κ3) is 5.76. The van der Waals surface area contributed by atoms with Crippen LogP contribution in [0.5, 0.6) is 0 Å². The molecule has 1 fully saturated rings. The number of benzene rings is 1. The van der Waals surface area contributed by atoms with E-state index >= 15 is 0 Å². The Morgan fingerprint density at radius 1 is 1.35 bits per heavy atom. The molecule has 2 rings (SSSR count). The van der Waals surface area contributed by atoms with Crippen LogP contribution in [0.2, 0.25) is 0 Å². The highest BCUT2D eigenvalue weighted by Gasteiger charge is 2.42. The van der Waals surface area contributed by atoms with Crippen molar-refractivity contribution in [2.75, 3.05) is 20.1 Å².